The van der Waals surface area contributed by atoms with E-state index in [2.05, 4.69) is 0 Å². The summed E-state index contributed by atoms with van der Waals surface area (Å²) in [5.41, 5.74) is 1.72. The Hall–Kier alpha value is -1.44. The Kier molecular flexibility index (Phi) is 5.99. The lowest BCUT2D eigenvalue weighted by atomic mass is 10.2. The van der Waals surface area contributed by atoms with Crippen molar-refractivity contribution in [3.8, 4) is 0 Å². The molecule has 3 rings (SSSR count). The highest BCUT2D eigenvalue weighted by molar-refractivity contribution is 7.89. The topological polar surface area (TPSA) is 66.9 Å². The van der Waals surface area contributed by atoms with E-state index in [-0.39, 0.29) is 18.6 Å². The second-order valence-corrected chi connectivity index (χ2v) is 8.83. The van der Waals surface area contributed by atoms with Crippen molar-refractivity contribution in [1.82, 2.24) is 4.31 Å². The van der Waals surface area contributed by atoms with E-state index in [0.29, 0.717) is 31.0 Å². The second kappa shape index (κ2) is 8.06. The maximum absolute atomic E-state index is 12.7. The minimum Gasteiger partial charge on any atom is -0.368 e. The Labute approximate surface area is 156 Å². The third-order valence-electron chi connectivity index (χ3n) is 5.34. The SMILES string of the molecule is CCN(CC)S(=O)(=O)c1ccc2c(c1)CCN2C(=O)COC1CCCC1. The van der Waals surface area contributed by atoms with Gasteiger partial charge in [0.25, 0.3) is 5.91 Å². The molecular weight excluding hydrogens is 352 g/mol. The molecule has 0 bridgehead atoms. The first kappa shape index (κ1) is 19.3. The molecule has 1 aromatic carbocycles. The average Bonchev–Trinajstić information content (AvgIpc) is 3.29. The van der Waals surface area contributed by atoms with Crippen LogP contribution in [0.3, 0.4) is 0 Å². The molecule has 1 saturated carbocycles. The van der Waals surface area contributed by atoms with Crippen LogP contribution in [0.25, 0.3) is 0 Å². The molecule has 2 aliphatic rings. The van der Waals surface area contributed by atoms with Crippen molar-refractivity contribution in [2.75, 3.05) is 31.1 Å². The number of ether oxygens (including phenoxy) is 1. The number of anilines is 1. The Morgan fingerprint density at radius 1 is 1.23 bits per heavy atom. The summed E-state index contributed by atoms with van der Waals surface area (Å²) in [5, 5.41) is 0. The maximum Gasteiger partial charge on any atom is 0.253 e. The highest BCUT2D eigenvalue weighted by Crippen LogP contribution is 2.31. The van der Waals surface area contributed by atoms with E-state index in [9.17, 15) is 13.2 Å². The molecule has 0 N–H and O–H groups in total. The van der Waals surface area contributed by atoms with Crippen LogP contribution in [0.5, 0.6) is 0 Å². The molecule has 0 spiro atoms. The van der Waals surface area contributed by atoms with Crippen LogP contribution in [0.1, 0.15) is 45.1 Å². The molecule has 7 heteroatoms. The summed E-state index contributed by atoms with van der Waals surface area (Å²) in [5.74, 6) is -0.0463. The molecule has 1 heterocycles. The van der Waals surface area contributed by atoms with Gasteiger partial charge in [0.05, 0.1) is 11.0 Å². The number of rotatable bonds is 7. The van der Waals surface area contributed by atoms with Crippen molar-refractivity contribution in [2.24, 2.45) is 0 Å². The first-order valence-corrected chi connectivity index (χ1v) is 11.0. The molecule has 0 saturated heterocycles. The van der Waals surface area contributed by atoms with Gasteiger partial charge in [-0.15, -0.1) is 0 Å². The number of hydrogen-bond donors (Lipinski definition) is 0. The number of carbonyl (C=O) groups is 1. The van der Waals surface area contributed by atoms with Crippen molar-refractivity contribution in [1.29, 1.82) is 0 Å². The lowest BCUT2D eigenvalue weighted by Crippen LogP contribution is -2.33. The third-order valence-corrected chi connectivity index (χ3v) is 7.38. The summed E-state index contributed by atoms with van der Waals surface area (Å²) in [6.45, 7) is 5.23. The molecule has 0 radical (unpaired) electrons. The van der Waals surface area contributed by atoms with Crippen LogP contribution in [0, 0.1) is 0 Å². The molecule has 1 aliphatic carbocycles. The van der Waals surface area contributed by atoms with Gasteiger partial charge in [-0.2, -0.15) is 4.31 Å². The molecule has 1 aliphatic heterocycles. The summed E-state index contributed by atoms with van der Waals surface area (Å²) >= 11 is 0. The lowest BCUT2D eigenvalue weighted by Gasteiger charge is -2.21. The van der Waals surface area contributed by atoms with E-state index < -0.39 is 10.0 Å². The number of amides is 1. The van der Waals surface area contributed by atoms with E-state index in [1.807, 2.05) is 13.8 Å². The monoisotopic (exact) mass is 380 g/mol. The highest BCUT2D eigenvalue weighted by atomic mass is 32.2. The Balaban J connectivity index is 1.72. The molecule has 0 unspecified atom stereocenters. The summed E-state index contributed by atoms with van der Waals surface area (Å²) in [4.78, 5) is 14.5. The number of carbonyl (C=O) groups excluding carboxylic acids is 1. The van der Waals surface area contributed by atoms with E-state index in [0.717, 1.165) is 24.1 Å². The average molecular weight is 381 g/mol. The van der Waals surface area contributed by atoms with Gasteiger partial charge in [0, 0.05) is 25.3 Å². The molecule has 26 heavy (non-hydrogen) atoms. The summed E-state index contributed by atoms with van der Waals surface area (Å²) in [6.07, 6.45) is 5.31. The Bertz CT molecular complexity index is 753. The summed E-state index contributed by atoms with van der Waals surface area (Å²) in [6, 6.07) is 5.08. The van der Waals surface area contributed by atoms with E-state index >= 15 is 0 Å². The van der Waals surface area contributed by atoms with E-state index in [1.54, 1.807) is 23.1 Å². The van der Waals surface area contributed by atoms with Gasteiger partial charge in [0.2, 0.25) is 10.0 Å². The molecule has 1 aromatic rings. The summed E-state index contributed by atoms with van der Waals surface area (Å²) in [7, 11) is -3.48. The zero-order valence-corrected chi connectivity index (χ0v) is 16.4. The minimum atomic E-state index is -3.48. The van der Waals surface area contributed by atoms with Gasteiger partial charge in [-0.05, 0) is 43.0 Å². The molecule has 144 valence electrons. The number of sulfonamides is 1. The first-order chi connectivity index (χ1) is 12.5. The summed E-state index contributed by atoms with van der Waals surface area (Å²) < 4.78 is 32.6. The largest absolute Gasteiger partial charge is 0.368 e. The smallest absolute Gasteiger partial charge is 0.253 e. The van der Waals surface area contributed by atoms with Crippen LogP contribution in [0.15, 0.2) is 23.1 Å². The van der Waals surface area contributed by atoms with E-state index in [1.165, 1.54) is 17.1 Å². The predicted octanol–water partition coefficient (Wildman–Crippen LogP) is 2.57. The molecule has 1 fully saturated rings. The Morgan fingerprint density at radius 3 is 2.58 bits per heavy atom. The number of nitrogens with zero attached hydrogens (tertiary/aromatic N) is 2. The number of fused-ring (bicyclic) bond motifs is 1. The zero-order chi connectivity index (χ0) is 18.7. The molecule has 6 nitrogen and oxygen atoms in total. The zero-order valence-electron chi connectivity index (χ0n) is 15.6. The Morgan fingerprint density at radius 2 is 1.92 bits per heavy atom. The minimum absolute atomic E-state index is 0.0463. The van der Waals surface area contributed by atoms with Gasteiger partial charge < -0.3 is 9.64 Å². The molecular formula is C19H28N2O4S. The van der Waals surface area contributed by atoms with Crippen molar-refractivity contribution >= 4 is 21.6 Å². The van der Waals surface area contributed by atoms with Gasteiger partial charge in [-0.1, -0.05) is 26.7 Å². The van der Waals surface area contributed by atoms with Crippen LogP contribution in [-0.2, 0) is 26.0 Å². The fourth-order valence-electron chi connectivity index (χ4n) is 3.83. The second-order valence-electron chi connectivity index (χ2n) is 6.89. The number of hydrogen-bond acceptors (Lipinski definition) is 4. The molecule has 1 amide bonds. The molecule has 0 aromatic heterocycles. The van der Waals surface area contributed by atoms with Crippen LogP contribution in [-0.4, -0.2) is 51.0 Å². The van der Waals surface area contributed by atoms with Crippen LogP contribution < -0.4 is 4.90 Å². The van der Waals surface area contributed by atoms with Gasteiger partial charge in [-0.25, -0.2) is 8.42 Å². The number of benzene rings is 1. The van der Waals surface area contributed by atoms with Gasteiger partial charge in [0.15, 0.2) is 0 Å². The predicted molar refractivity (Wildman–Crippen MR) is 101 cm³/mol. The highest BCUT2D eigenvalue weighted by Gasteiger charge is 2.29. The van der Waals surface area contributed by atoms with Crippen molar-refractivity contribution in [2.45, 2.75) is 57.0 Å². The van der Waals surface area contributed by atoms with Crippen molar-refractivity contribution in [3.63, 3.8) is 0 Å². The fraction of sp³-hybridized carbons (Fsp3) is 0.632. The van der Waals surface area contributed by atoms with Crippen LogP contribution in [0.2, 0.25) is 0 Å². The van der Waals surface area contributed by atoms with Crippen LogP contribution >= 0.6 is 0 Å². The van der Waals surface area contributed by atoms with Gasteiger partial charge >= 0.3 is 0 Å². The van der Waals surface area contributed by atoms with Crippen LogP contribution in [0.4, 0.5) is 5.69 Å². The quantitative estimate of drug-likeness (QED) is 0.729. The third kappa shape index (κ3) is 3.80. The van der Waals surface area contributed by atoms with E-state index in [4.69, 9.17) is 4.74 Å². The first-order valence-electron chi connectivity index (χ1n) is 9.52. The normalized spacial score (nSPS) is 17.9. The van der Waals surface area contributed by atoms with Gasteiger partial charge in [0.1, 0.15) is 6.61 Å². The fourth-order valence-corrected chi connectivity index (χ4v) is 5.34. The standard InChI is InChI=1S/C19H28N2O4S/c1-3-20(4-2)26(23,24)17-9-10-18-15(13-17)11-12-21(18)19(22)14-25-16-7-5-6-8-16/h9-10,13,16H,3-8,11-12,14H2,1-2H3. The lowest BCUT2D eigenvalue weighted by molar-refractivity contribution is -0.124. The van der Waals surface area contributed by atoms with Crippen molar-refractivity contribution < 1.29 is 17.9 Å². The maximum atomic E-state index is 12.7. The molecule has 0 atom stereocenters. The van der Waals surface area contributed by atoms with Gasteiger partial charge in [-0.3, -0.25) is 4.79 Å². The van der Waals surface area contributed by atoms with Crippen molar-refractivity contribution in [3.05, 3.63) is 23.8 Å².